The molecule has 1 amide bonds. The molecule has 2 aromatic rings. The van der Waals surface area contributed by atoms with Gasteiger partial charge in [0.05, 0.1) is 21.8 Å². The average Bonchev–Trinajstić information content (AvgIpc) is 2.40. The highest BCUT2D eigenvalue weighted by molar-refractivity contribution is 6.36. The minimum Gasteiger partial charge on any atom is -0.478 e. The Hall–Kier alpha value is -1.82. The molecule has 0 saturated heterocycles. The maximum absolute atomic E-state index is 12.1. The first-order valence-electron chi connectivity index (χ1n) is 5.54. The van der Waals surface area contributed by atoms with Crippen molar-refractivity contribution in [2.45, 2.75) is 0 Å². The van der Waals surface area contributed by atoms with Crippen LogP contribution in [-0.2, 0) is 0 Å². The van der Waals surface area contributed by atoms with Crippen LogP contribution in [-0.4, -0.2) is 22.0 Å². The number of carboxylic acids is 1. The number of carbonyl (C=O) groups excluding carboxylic acids is 1. The van der Waals surface area contributed by atoms with Crippen LogP contribution < -0.4 is 5.32 Å². The van der Waals surface area contributed by atoms with E-state index >= 15 is 0 Å². The Labute approximate surface area is 134 Å². The summed E-state index contributed by atoms with van der Waals surface area (Å²) < 4.78 is 0. The predicted octanol–water partition coefficient (Wildman–Crippen LogP) is 3.99. The summed E-state index contributed by atoms with van der Waals surface area (Å²) in [5.41, 5.74) is 0.404. The Balaban J connectivity index is 2.25. The summed E-state index contributed by atoms with van der Waals surface area (Å²) in [6, 6.07) is 6.80. The van der Waals surface area contributed by atoms with E-state index in [9.17, 15) is 9.59 Å². The van der Waals surface area contributed by atoms with E-state index < -0.39 is 11.9 Å². The molecule has 8 heteroatoms. The number of aromatic nitrogens is 1. The van der Waals surface area contributed by atoms with Crippen LogP contribution in [0.3, 0.4) is 0 Å². The summed E-state index contributed by atoms with van der Waals surface area (Å²) in [7, 11) is 0. The molecule has 0 aliphatic rings. The lowest BCUT2D eigenvalue weighted by molar-refractivity contribution is 0.0696. The van der Waals surface area contributed by atoms with Gasteiger partial charge in [0.15, 0.2) is 0 Å². The molecule has 2 N–H and O–H groups in total. The molecule has 0 aliphatic heterocycles. The van der Waals surface area contributed by atoms with E-state index in [0.29, 0.717) is 0 Å². The number of hydrogen-bond donors (Lipinski definition) is 2. The second-order valence-electron chi connectivity index (χ2n) is 3.93. The molecule has 0 saturated carbocycles. The van der Waals surface area contributed by atoms with Crippen molar-refractivity contribution in [3.8, 4) is 0 Å². The van der Waals surface area contributed by atoms with Crippen LogP contribution in [0.5, 0.6) is 0 Å². The smallest absolute Gasteiger partial charge is 0.335 e. The Morgan fingerprint density at radius 3 is 2.38 bits per heavy atom. The number of hydrogen-bond acceptors (Lipinski definition) is 3. The van der Waals surface area contributed by atoms with Gasteiger partial charge in [-0.25, -0.2) is 9.78 Å². The molecule has 0 aliphatic carbocycles. The minimum absolute atomic E-state index is 0.0178. The SMILES string of the molecule is O=C(O)c1ccc(NC(=O)c2ccc(Cl)nc2Cl)c(Cl)c1. The third-order valence-corrected chi connectivity index (χ3v) is 3.33. The maximum Gasteiger partial charge on any atom is 0.335 e. The predicted molar refractivity (Wildman–Crippen MR) is 80.6 cm³/mol. The average molecular weight is 346 g/mol. The van der Waals surface area contributed by atoms with Gasteiger partial charge in [-0.15, -0.1) is 0 Å². The highest BCUT2D eigenvalue weighted by Crippen LogP contribution is 2.25. The molecule has 0 bridgehead atoms. The Kier molecular flexibility index (Phi) is 4.67. The van der Waals surface area contributed by atoms with E-state index in [1.165, 1.54) is 30.3 Å². The summed E-state index contributed by atoms with van der Waals surface area (Å²) in [6.45, 7) is 0. The van der Waals surface area contributed by atoms with E-state index in [1.54, 1.807) is 0 Å². The zero-order valence-corrected chi connectivity index (χ0v) is 12.5. The first kappa shape index (κ1) is 15.6. The highest BCUT2D eigenvalue weighted by atomic mass is 35.5. The number of rotatable bonds is 3. The Morgan fingerprint density at radius 2 is 1.81 bits per heavy atom. The molecule has 0 spiro atoms. The van der Waals surface area contributed by atoms with Crippen LogP contribution in [0.2, 0.25) is 15.3 Å². The molecule has 0 radical (unpaired) electrons. The van der Waals surface area contributed by atoms with Crippen LogP contribution >= 0.6 is 34.8 Å². The largest absolute Gasteiger partial charge is 0.478 e. The van der Waals surface area contributed by atoms with E-state index in [1.807, 2.05) is 0 Å². The van der Waals surface area contributed by atoms with Gasteiger partial charge in [0, 0.05) is 0 Å². The van der Waals surface area contributed by atoms with Gasteiger partial charge in [0.25, 0.3) is 5.91 Å². The van der Waals surface area contributed by atoms with Crippen molar-refractivity contribution in [2.24, 2.45) is 0 Å². The molecule has 0 atom stereocenters. The first-order chi connectivity index (χ1) is 9.88. The Bertz CT molecular complexity index is 735. The minimum atomic E-state index is -1.11. The zero-order chi connectivity index (χ0) is 15.6. The number of carboxylic acid groups (broad SMARTS) is 1. The molecule has 0 fully saturated rings. The molecular formula is C13H7Cl3N2O3. The maximum atomic E-state index is 12.1. The van der Waals surface area contributed by atoms with Gasteiger partial charge < -0.3 is 10.4 Å². The fraction of sp³-hybridized carbons (Fsp3) is 0. The summed E-state index contributed by atoms with van der Waals surface area (Å²) in [6.07, 6.45) is 0. The van der Waals surface area contributed by atoms with Gasteiger partial charge in [0.1, 0.15) is 10.3 Å². The number of carbonyl (C=O) groups is 2. The lowest BCUT2D eigenvalue weighted by Gasteiger charge is -2.08. The van der Waals surface area contributed by atoms with Crippen molar-refractivity contribution in [1.82, 2.24) is 4.98 Å². The number of pyridine rings is 1. The van der Waals surface area contributed by atoms with E-state index in [-0.39, 0.29) is 32.1 Å². The molecule has 1 aromatic carbocycles. The molecule has 1 aromatic heterocycles. The molecule has 21 heavy (non-hydrogen) atoms. The summed E-state index contributed by atoms with van der Waals surface area (Å²) >= 11 is 17.4. The van der Waals surface area contributed by atoms with Crippen LogP contribution in [0.4, 0.5) is 5.69 Å². The van der Waals surface area contributed by atoms with Crippen molar-refractivity contribution in [3.05, 3.63) is 56.8 Å². The monoisotopic (exact) mass is 344 g/mol. The quantitative estimate of drug-likeness (QED) is 0.824. The van der Waals surface area contributed by atoms with Crippen LogP contribution in [0.25, 0.3) is 0 Å². The fourth-order valence-electron chi connectivity index (χ4n) is 1.52. The molecule has 5 nitrogen and oxygen atoms in total. The van der Waals surface area contributed by atoms with Crippen LogP contribution in [0.15, 0.2) is 30.3 Å². The van der Waals surface area contributed by atoms with Crippen molar-refractivity contribution in [1.29, 1.82) is 0 Å². The topological polar surface area (TPSA) is 79.3 Å². The lowest BCUT2D eigenvalue weighted by Crippen LogP contribution is -2.13. The molecule has 1 heterocycles. The third kappa shape index (κ3) is 3.64. The number of amides is 1. The molecule has 0 unspecified atom stereocenters. The van der Waals surface area contributed by atoms with E-state index in [0.717, 1.165) is 0 Å². The van der Waals surface area contributed by atoms with E-state index in [2.05, 4.69) is 10.3 Å². The number of nitrogens with one attached hydrogen (secondary N) is 1. The molecule has 108 valence electrons. The molecule has 2 rings (SSSR count). The van der Waals surface area contributed by atoms with Crippen molar-refractivity contribution < 1.29 is 14.7 Å². The summed E-state index contributed by atoms with van der Waals surface area (Å²) in [5, 5.41) is 11.6. The fourth-order valence-corrected chi connectivity index (χ4v) is 2.18. The van der Waals surface area contributed by atoms with Crippen molar-refractivity contribution >= 4 is 52.4 Å². The first-order valence-corrected chi connectivity index (χ1v) is 6.68. The van der Waals surface area contributed by atoms with Crippen molar-refractivity contribution in [2.75, 3.05) is 5.32 Å². The number of aromatic carboxylic acids is 1. The molecular weight excluding hydrogens is 339 g/mol. The van der Waals surface area contributed by atoms with Gasteiger partial charge in [0.2, 0.25) is 0 Å². The summed E-state index contributed by atoms with van der Waals surface area (Å²) in [4.78, 5) is 26.6. The normalized spacial score (nSPS) is 10.2. The number of benzene rings is 1. The third-order valence-electron chi connectivity index (χ3n) is 2.52. The zero-order valence-electron chi connectivity index (χ0n) is 10.2. The van der Waals surface area contributed by atoms with Crippen LogP contribution in [0, 0.1) is 0 Å². The lowest BCUT2D eigenvalue weighted by atomic mass is 10.2. The van der Waals surface area contributed by atoms with Gasteiger partial charge >= 0.3 is 5.97 Å². The Morgan fingerprint density at radius 1 is 1.10 bits per heavy atom. The van der Waals surface area contributed by atoms with Gasteiger partial charge in [-0.1, -0.05) is 34.8 Å². The van der Waals surface area contributed by atoms with Crippen LogP contribution in [0.1, 0.15) is 20.7 Å². The van der Waals surface area contributed by atoms with Gasteiger partial charge in [-0.3, -0.25) is 4.79 Å². The highest BCUT2D eigenvalue weighted by Gasteiger charge is 2.14. The standard InChI is InChI=1S/C13H7Cl3N2O3/c14-8-5-6(13(20)21)1-3-9(8)17-12(19)7-2-4-10(15)18-11(7)16/h1-5H,(H,17,19)(H,20,21). The van der Waals surface area contributed by atoms with Gasteiger partial charge in [-0.2, -0.15) is 0 Å². The second-order valence-corrected chi connectivity index (χ2v) is 5.08. The number of anilines is 1. The summed E-state index contributed by atoms with van der Waals surface area (Å²) in [5.74, 6) is -1.64. The van der Waals surface area contributed by atoms with Crippen molar-refractivity contribution in [3.63, 3.8) is 0 Å². The van der Waals surface area contributed by atoms with Gasteiger partial charge in [-0.05, 0) is 30.3 Å². The van der Waals surface area contributed by atoms with E-state index in [4.69, 9.17) is 39.9 Å². The second kappa shape index (κ2) is 6.30. The number of halogens is 3. The number of nitrogens with zero attached hydrogens (tertiary/aromatic N) is 1.